The van der Waals surface area contributed by atoms with Crippen molar-refractivity contribution in [3.05, 3.63) is 65.5 Å². The highest BCUT2D eigenvalue weighted by Crippen LogP contribution is 2.13. The van der Waals surface area contributed by atoms with Gasteiger partial charge in [0.1, 0.15) is 11.6 Å². The Morgan fingerprint density at radius 2 is 1.77 bits per heavy atom. The molecule has 116 valence electrons. The van der Waals surface area contributed by atoms with Gasteiger partial charge in [-0.1, -0.05) is 29.8 Å². The Kier molecular flexibility index (Phi) is 5.53. The number of carbonyl (C=O) groups is 1. The lowest BCUT2D eigenvalue weighted by molar-refractivity contribution is -0.127. The first-order valence-electron chi connectivity index (χ1n) is 7.30. The van der Waals surface area contributed by atoms with E-state index in [0.29, 0.717) is 18.7 Å². The SMILES string of the molecule is Cc1ccc(O[C@H](C)C(=O)NCCc2ccc(F)cc2)cc1. The van der Waals surface area contributed by atoms with E-state index >= 15 is 0 Å². The number of hydrogen-bond acceptors (Lipinski definition) is 2. The third kappa shape index (κ3) is 4.88. The molecule has 1 atom stereocenters. The minimum Gasteiger partial charge on any atom is -0.481 e. The van der Waals surface area contributed by atoms with E-state index in [1.54, 1.807) is 19.1 Å². The molecule has 0 fully saturated rings. The van der Waals surface area contributed by atoms with E-state index < -0.39 is 6.10 Å². The number of carbonyl (C=O) groups excluding carboxylic acids is 1. The Morgan fingerprint density at radius 1 is 1.14 bits per heavy atom. The molecule has 4 heteroatoms. The van der Waals surface area contributed by atoms with Gasteiger partial charge in [0.2, 0.25) is 0 Å². The lowest BCUT2D eigenvalue weighted by Crippen LogP contribution is -2.37. The van der Waals surface area contributed by atoms with E-state index in [-0.39, 0.29) is 11.7 Å². The van der Waals surface area contributed by atoms with Crippen molar-refractivity contribution in [3.8, 4) is 5.75 Å². The van der Waals surface area contributed by atoms with Crippen molar-refractivity contribution in [2.45, 2.75) is 26.4 Å². The first kappa shape index (κ1) is 16.0. The summed E-state index contributed by atoms with van der Waals surface area (Å²) in [4.78, 5) is 12.0. The van der Waals surface area contributed by atoms with Crippen LogP contribution in [0.3, 0.4) is 0 Å². The highest BCUT2D eigenvalue weighted by molar-refractivity contribution is 5.80. The van der Waals surface area contributed by atoms with E-state index in [9.17, 15) is 9.18 Å². The number of benzene rings is 2. The summed E-state index contributed by atoms with van der Waals surface area (Å²) in [5.41, 5.74) is 2.12. The summed E-state index contributed by atoms with van der Waals surface area (Å²) in [6, 6.07) is 13.8. The second-order valence-corrected chi connectivity index (χ2v) is 5.24. The van der Waals surface area contributed by atoms with Crippen molar-refractivity contribution in [2.24, 2.45) is 0 Å². The molecule has 22 heavy (non-hydrogen) atoms. The molecule has 0 aliphatic heterocycles. The van der Waals surface area contributed by atoms with Crippen molar-refractivity contribution in [3.63, 3.8) is 0 Å². The van der Waals surface area contributed by atoms with E-state index in [0.717, 1.165) is 11.1 Å². The van der Waals surface area contributed by atoms with Gasteiger partial charge in [-0.3, -0.25) is 4.79 Å². The van der Waals surface area contributed by atoms with Crippen molar-refractivity contribution in [2.75, 3.05) is 6.54 Å². The molecule has 0 radical (unpaired) electrons. The standard InChI is InChI=1S/C18H20FNO2/c1-13-3-9-17(10-4-13)22-14(2)18(21)20-12-11-15-5-7-16(19)8-6-15/h3-10,14H,11-12H2,1-2H3,(H,20,21)/t14-/m1/s1. The summed E-state index contributed by atoms with van der Waals surface area (Å²) in [6.45, 7) is 4.20. The number of hydrogen-bond donors (Lipinski definition) is 1. The average Bonchev–Trinajstić information content (AvgIpc) is 2.51. The molecule has 0 saturated heterocycles. The second kappa shape index (κ2) is 7.59. The molecule has 0 bridgehead atoms. The van der Waals surface area contributed by atoms with E-state index in [2.05, 4.69) is 5.32 Å². The van der Waals surface area contributed by atoms with Gasteiger partial charge in [0.15, 0.2) is 6.10 Å². The summed E-state index contributed by atoms with van der Waals surface area (Å²) in [6.07, 6.45) is 0.0967. The molecule has 0 saturated carbocycles. The van der Waals surface area contributed by atoms with Crippen LogP contribution >= 0.6 is 0 Å². The number of halogens is 1. The molecule has 3 nitrogen and oxygen atoms in total. The van der Waals surface area contributed by atoms with Crippen LogP contribution in [-0.2, 0) is 11.2 Å². The normalized spacial score (nSPS) is 11.8. The van der Waals surface area contributed by atoms with Crippen molar-refractivity contribution >= 4 is 5.91 Å². The molecule has 1 amide bonds. The smallest absolute Gasteiger partial charge is 0.260 e. The van der Waals surface area contributed by atoms with Gasteiger partial charge in [0, 0.05) is 6.54 Å². The van der Waals surface area contributed by atoms with E-state index in [4.69, 9.17) is 4.74 Å². The van der Waals surface area contributed by atoms with Crippen LogP contribution in [0.2, 0.25) is 0 Å². The third-order valence-corrected chi connectivity index (χ3v) is 3.33. The topological polar surface area (TPSA) is 38.3 Å². The highest BCUT2D eigenvalue weighted by Gasteiger charge is 2.13. The monoisotopic (exact) mass is 301 g/mol. The van der Waals surface area contributed by atoms with Crippen LogP contribution in [-0.4, -0.2) is 18.6 Å². The minimum absolute atomic E-state index is 0.164. The van der Waals surface area contributed by atoms with Crippen molar-refractivity contribution in [1.29, 1.82) is 0 Å². The van der Waals surface area contributed by atoms with Crippen LogP contribution in [0.1, 0.15) is 18.1 Å². The molecule has 2 aromatic rings. The third-order valence-electron chi connectivity index (χ3n) is 3.33. The molecule has 0 aliphatic rings. The maximum absolute atomic E-state index is 12.8. The van der Waals surface area contributed by atoms with Gasteiger partial charge >= 0.3 is 0 Å². The Labute approximate surface area is 130 Å². The largest absolute Gasteiger partial charge is 0.481 e. The molecule has 2 rings (SSSR count). The van der Waals surface area contributed by atoms with Crippen LogP contribution in [0.5, 0.6) is 5.75 Å². The van der Waals surface area contributed by atoms with Crippen molar-refractivity contribution in [1.82, 2.24) is 5.32 Å². The van der Waals surface area contributed by atoms with Gasteiger partial charge in [-0.25, -0.2) is 4.39 Å². The maximum Gasteiger partial charge on any atom is 0.260 e. The fourth-order valence-electron chi connectivity index (χ4n) is 2.00. The zero-order valence-electron chi connectivity index (χ0n) is 12.8. The number of rotatable bonds is 6. The Hall–Kier alpha value is -2.36. The van der Waals surface area contributed by atoms with Crippen LogP contribution in [0.15, 0.2) is 48.5 Å². The zero-order chi connectivity index (χ0) is 15.9. The van der Waals surface area contributed by atoms with Crippen LogP contribution < -0.4 is 10.1 Å². The maximum atomic E-state index is 12.8. The highest BCUT2D eigenvalue weighted by atomic mass is 19.1. The molecule has 0 spiro atoms. The lowest BCUT2D eigenvalue weighted by atomic mass is 10.1. The van der Waals surface area contributed by atoms with Crippen LogP contribution in [0.4, 0.5) is 4.39 Å². The van der Waals surface area contributed by atoms with Crippen LogP contribution in [0.25, 0.3) is 0 Å². The summed E-state index contributed by atoms with van der Waals surface area (Å²) in [7, 11) is 0. The predicted octanol–water partition coefficient (Wildman–Crippen LogP) is 3.26. The quantitative estimate of drug-likeness (QED) is 0.889. The number of nitrogens with one attached hydrogen (secondary N) is 1. The van der Waals surface area contributed by atoms with E-state index in [1.807, 2.05) is 31.2 Å². The fourth-order valence-corrected chi connectivity index (χ4v) is 2.00. The molecule has 0 heterocycles. The van der Waals surface area contributed by atoms with Gasteiger partial charge in [-0.05, 0) is 50.1 Å². The molecule has 0 aliphatic carbocycles. The van der Waals surface area contributed by atoms with Gasteiger partial charge in [-0.15, -0.1) is 0 Å². The second-order valence-electron chi connectivity index (χ2n) is 5.24. The first-order chi connectivity index (χ1) is 10.5. The number of amides is 1. The lowest BCUT2D eigenvalue weighted by Gasteiger charge is -2.15. The summed E-state index contributed by atoms with van der Waals surface area (Å²) in [5.74, 6) is 0.252. The molecular weight excluding hydrogens is 281 g/mol. The molecule has 1 N–H and O–H groups in total. The predicted molar refractivity (Wildman–Crippen MR) is 84.4 cm³/mol. The van der Waals surface area contributed by atoms with Crippen LogP contribution in [0, 0.1) is 12.7 Å². The minimum atomic E-state index is -0.559. The number of aryl methyl sites for hydroxylation is 1. The van der Waals surface area contributed by atoms with Gasteiger partial charge in [0.25, 0.3) is 5.91 Å². The summed E-state index contributed by atoms with van der Waals surface area (Å²) in [5, 5.41) is 2.82. The fraction of sp³-hybridized carbons (Fsp3) is 0.278. The molecule has 2 aromatic carbocycles. The summed E-state index contributed by atoms with van der Waals surface area (Å²) >= 11 is 0. The summed E-state index contributed by atoms with van der Waals surface area (Å²) < 4.78 is 18.4. The zero-order valence-corrected chi connectivity index (χ0v) is 12.8. The molecule has 0 aromatic heterocycles. The Bertz CT molecular complexity index is 608. The number of ether oxygens (including phenoxy) is 1. The Balaban J connectivity index is 1.76. The average molecular weight is 301 g/mol. The van der Waals surface area contributed by atoms with E-state index in [1.165, 1.54) is 12.1 Å². The van der Waals surface area contributed by atoms with Crippen molar-refractivity contribution < 1.29 is 13.9 Å². The molecular formula is C18H20FNO2. The first-order valence-corrected chi connectivity index (χ1v) is 7.30. The van der Waals surface area contributed by atoms with Gasteiger partial charge in [-0.2, -0.15) is 0 Å². The van der Waals surface area contributed by atoms with Gasteiger partial charge in [0.05, 0.1) is 0 Å². The Morgan fingerprint density at radius 3 is 2.41 bits per heavy atom. The molecule has 0 unspecified atom stereocenters. The van der Waals surface area contributed by atoms with Gasteiger partial charge < -0.3 is 10.1 Å².